The monoisotopic (exact) mass is 295 g/mol. The molecule has 0 amide bonds. The summed E-state index contributed by atoms with van der Waals surface area (Å²) in [6.45, 7) is 2.08. The van der Waals surface area contributed by atoms with Crippen LogP contribution in [0.5, 0.6) is 0 Å². The normalized spacial score (nSPS) is 12.1. The van der Waals surface area contributed by atoms with E-state index in [0.717, 1.165) is 26.8 Å². The Morgan fingerprint density at radius 1 is 1.44 bits per heavy atom. The van der Waals surface area contributed by atoms with Crippen LogP contribution in [-0.4, -0.2) is 10.3 Å². The number of pyridine rings is 1. The zero-order valence-electron chi connectivity index (χ0n) is 8.87. The summed E-state index contributed by atoms with van der Waals surface area (Å²) >= 11 is 9.57. The van der Waals surface area contributed by atoms with Crippen molar-refractivity contribution in [2.75, 3.05) is 5.33 Å². The molecule has 0 atom stereocenters. The summed E-state index contributed by atoms with van der Waals surface area (Å²) < 4.78 is 0. The van der Waals surface area contributed by atoms with E-state index in [2.05, 4.69) is 33.9 Å². The Balaban J connectivity index is 2.68. The molecule has 1 heterocycles. The lowest BCUT2D eigenvalue weighted by Crippen LogP contribution is -1.85. The van der Waals surface area contributed by atoms with Crippen LogP contribution in [0.1, 0.15) is 12.5 Å². The van der Waals surface area contributed by atoms with Gasteiger partial charge in [0.25, 0.3) is 0 Å². The third-order valence-electron chi connectivity index (χ3n) is 2.36. The predicted octanol–water partition coefficient (Wildman–Crippen LogP) is 4.69. The maximum atomic E-state index is 6.13. The molecular weight excluding hydrogens is 286 g/mol. The molecule has 0 aliphatic rings. The zero-order chi connectivity index (χ0) is 11.5. The van der Waals surface area contributed by atoms with E-state index in [-0.39, 0.29) is 0 Å². The molecule has 2 aromatic rings. The first kappa shape index (κ1) is 11.6. The van der Waals surface area contributed by atoms with Crippen molar-refractivity contribution in [3.63, 3.8) is 0 Å². The fourth-order valence-electron chi connectivity index (χ4n) is 1.58. The summed E-state index contributed by atoms with van der Waals surface area (Å²) in [5.41, 5.74) is 3.32. The highest BCUT2D eigenvalue weighted by molar-refractivity contribution is 9.09. The predicted molar refractivity (Wildman–Crippen MR) is 74.2 cm³/mol. The van der Waals surface area contributed by atoms with E-state index in [1.165, 1.54) is 5.57 Å². The fourth-order valence-corrected chi connectivity index (χ4v) is 1.96. The molecular formula is C13H11BrClN. The Morgan fingerprint density at radius 2 is 2.25 bits per heavy atom. The van der Waals surface area contributed by atoms with E-state index in [0.29, 0.717) is 0 Å². The van der Waals surface area contributed by atoms with Crippen LogP contribution in [0.3, 0.4) is 0 Å². The Morgan fingerprint density at radius 3 is 3.00 bits per heavy atom. The van der Waals surface area contributed by atoms with Crippen LogP contribution < -0.4 is 0 Å². The average Bonchev–Trinajstić information content (AvgIpc) is 2.33. The molecule has 0 fully saturated rings. The van der Waals surface area contributed by atoms with Crippen molar-refractivity contribution in [2.24, 2.45) is 0 Å². The Hall–Kier alpha value is -0.860. The smallest absolute Gasteiger partial charge is 0.0789 e. The molecule has 0 unspecified atom stereocenters. The van der Waals surface area contributed by atoms with Gasteiger partial charge >= 0.3 is 0 Å². The molecule has 0 radical (unpaired) electrons. The molecule has 0 bridgehead atoms. The molecule has 82 valence electrons. The van der Waals surface area contributed by atoms with Crippen LogP contribution in [0, 0.1) is 0 Å². The van der Waals surface area contributed by atoms with Gasteiger partial charge in [0, 0.05) is 22.5 Å². The Kier molecular flexibility index (Phi) is 3.62. The molecule has 0 spiro atoms. The number of hydrogen-bond donors (Lipinski definition) is 0. The van der Waals surface area contributed by atoms with Crippen LogP contribution >= 0.6 is 27.5 Å². The van der Waals surface area contributed by atoms with Gasteiger partial charge in [0.05, 0.1) is 10.5 Å². The number of allylic oxidation sites excluding steroid dienone is 1. The lowest BCUT2D eigenvalue weighted by molar-refractivity contribution is 1.39. The lowest BCUT2D eigenvalue weighted by atomic mass is 10.1. The van der Waals surface area contributed by atoms with E-state index < -0.39 is 0 Å². The maximum absolute atomic E-state index is 6.13. The summed E-state index contributed by atoms with van der Waals surface area (Å²) in [5, 5.41) is 2.61. The number of aromatic nitrogens is 1. The summed E-state index contributed by atoms with van der Waals surface area (Å²) in [4.78, 5) is 4.39. The van der Waals surface area contributed by atoms with Crippen molar-refractivity contribution < 1.29 is 0 Å². The van der Waals surface area contributed by atoms with Gasteiger partial charge in [-0.15, -0.1) is 0 Å². The largest absolute Gasteiger partial charge is 0.256 e. The second kappa shape index (κ2) is 4.98. The van der Waals surface area contributed by atoms with E-state index >= 15 is 0 Å². The molecule has 0 aliphatic heterocycles. The van der Waals surface area contributed by atoms with Crippen molar-refractivity contribution >= 4 is 44.5 Å². The van der Waals surface area contributed by atoms with Gasteiger partial charge in [-0.2, -0.15) is 0 Å². The van der Waals surface area contributed by atoms with Gasteiger partial charge in [0.15, 0.2) is 0 Å². The van der Waals surface area contributed by atoms with Crippen molar-refractivity contribution in [3.8, 4) is 0 Å². The Labute approximate surface area is 108 Å². The minimum Gasteiger partial charge on any atom is -0.256 e. The number of halogens is 2. The van der Waals surface area contributed by atoms with Crippen molar-refractivity contribution in [1.29, 1.82) is 0 Å². The van der Waals surface area contributed by atoms with Gasteiger partial charge in [0.1, 0.15) is 0 Å². The van der Waals surface area contributed by atoms with Gasteiger partial charge in [-0.05, 0) is 25.1 Å². The van der Waals surface area contributed by atoms with Crippen LogP contribution in [0.25, 0.3) is 17.0 Å². The highest BCUT2D eigenvalue weighted by Gasteiger charge is 2.03. The second-order valence-corrected chi connectivity index (χ2v) is 4.63. The third kappa shape index (κ3) is 2.28. The van der Waals surface area contributed by atoms with E-state index in [1.807, 2.05) is 24.3 Å². The summed E-state index contributed by atoms with van der Waals surface area (Å²) in [5.74, 6) is 0. The zero-order valence-corrected chi connectivity index (χ0v) is 11.2. The minimum atomic E-state index is 0.747. The van der Waals surface area contributed by atoms with Crippen molar-refractivity contribution in [3.05, 3.63) is 46.6 Å². The molecule has 0 saturated heterocycles. The maximum Gasteiger partial charge on any atom is 0.0789 e. The van der Waals surface area contributed by atoms with E-state index in [4.69, 9.17) is 11.6 Å². The van der Waals surface area contributed by atoms with Gasteiger partial charge in [-0.3, -0.25) is 4.98 Å². The van der Waals surface area contributed by atoms with Crippen molar-refractivity contribution in [1.82, 2.24) is 4.98 Å². The highest BCUT2D eigenvalue weighted by Crippen LogP contribution is 2.26. The molecule has 1 aromatic heterocycles. The van der Waals surface area contributed by atoms with Gasteiger partial charge in [-0.25, -0.2) is 0 Å². The summed E-state index contributed by atoms with van der Waals surface area (Å²) in [6.07, 6.45) is 3.92. The molecule has 1 aromatic carbocycles. The quantitative estimate of drug-likeness (QED) is 0.733. The molecule has 0 N–H and O–H groups in total. The first-order valence-corrected chi connectivity index (χ1v) is 6.48. The molecule has 1 nitrogen and oxygen atoms in total. The number of fused-ring (bicyclic) bond motifs is 1. The number of nitrogens with zero attached hydrogens (tertiary/aromatic N) is 1. The SMILES string of the molecule is C/C(=C/c1ccc(Cl)c2cccnc12)CBr. The average molecular weight is 297 g/mol. The Bertz CT molecular complexity index is 549. The number of hydrogen-bond acceptors (Lipinski definition) is 1. The summed E-state index contributed by atoms with van der Waals surface area (Å²) in [7, 11) is 0. The van der Waals surface area contributed by atoms with Crippen molar-refractivity contribution in [2.45, 2.75) is 6.92 Å². The van der Waals surface area contributed by atoms with Crippen LogP contribution in [-0.2, 0) is 0 Å². The van der Waals surface area contributed by atoms with E-state index in [9.17, 15) is 0 Å². The van der Waals surface area contributed by atoms with Crippen LogP contribution in [0.15, 0.2) is 36.0 Å². The van der Waals surface area contributed by atoms with Gasteiger partial charge in [0.2, 0.25) is 0 Å². The molecule has 3 heteroatoms. The van der Waals surface area contributed by atoms with Crippen LogP contribution in [0.2, 0.25) is 5.02 Å². The fraction of sp³-hybridized carbons (Fsp3) is 0.154. The van der Waals surface area contributed by atoms with Crippen LogP contribution in [0.4, 0.5) is 0 Å². The molecule has 0 saturated carbocycles. The summed E-state index contributed by atoms with van der Waals surface area (Å²) in [6, 6.07) is 7.81. The molecule has 16 heavy (non-hydrogen) atoms. The topological polar surface area (TPSA) is 12.9 Å². The van der Waals surface area contributed by atoms with Gasteiger partial charge in [-0.1, -0.05) is 45.2 Å². The number of rotatable bonds is 2. The molecule has 2 rings (SSSR count). The lowest BCUT2D eigenvalue weighted by Gasteiger charge is -2.04. The van der Waals surface area contributed by atoms with E-state index in [1.54, 1.807) is 6.20 Å². The second-order valence-electron chi connectivity index (χ2n) is 3.66. The molecule has 0 aliphatic carbocycles. The van der Waals surface area contributed by atoms with Gasteiger partial charge < -0.3 is 0 Å². The highest BCUT2D eigenvalue weighted by atomic mass is 79.9. The third-order valence-corrected chi connectivity index (χ3v) is 3.57. The minimum absolute atomic E-state index is 0.747. The number of alkyl halides is 1. The number of benzene rings is 1. The first-order valence-electron chi connectivity index (χ1n) is 4.98. The first-order chi connectivity index (χ1) is 7.72. The standard InChI is InChI=1S/C13H11BrClN/c1-9(8-14)7-10-4-5-12(15)11-3-2-6-16-13(10)11/h2-7H,8H2,1H3/b9-7-.